The van der Waals surface area contributed by atoms with Gasteiger partial charge in [0.1, 0.15) is 0 Å². The molecule has 1 rings (SSSR count). The Morgan fingerprint density at radius 3 is 2.79 bits per heavy atom. The van der Waals surface area contributed by atoms with Crippen molar-refractivity contribution in [1.82, 2.24) is 5.32 Å². The molecular formula is C9H15ClN2OS. The molecule has 0 radical (unpaired) electrons. The zero-order valence-electron chi connectivity index (χ0n) is 8.24. The largest absolute Gasteiger partial charge is 0.348 e. The maximum atomic E-state index is 11.5. The molecule has 1 aromatic heterocycles. The standard InChI is InChI=1S/C9H14N2OS.ClH/c1-6-3-4-13-8(6)9(12)11-7(2)5-10;/h3-4,7H,5,10H2,1-2H3,(H,11,12);1H/t7-;/m0./s1. The summed E-state index contributed by atoms with van der Waals surface area (Å²) in [5, 5.41) is 4.73. The fourth-order valence-corrected chi connectivity index (χ4v) is 1.78. The summed E-state index contributed by atoms with van der Waals surface area (Å²) in [7, 11) is 0. The summed E-state index contributed by atoms with van der Waals surface area (Å²) in [5.74, 6) is -0.0227. The van der Waals surface area contributed by atoms with Crippen molar-refractivity contribution in [2.45, 2.75) is 19.9 Å². The topological polar surface area (TPSA) is 55.1 Å². The molecule has 3 N–H and O–H groups in total. The normalized spacial score (nSPS) is 11.6. The van der Waals surface area contributed by atoms with E-state index in [-0.39, 0.29) is 24.4 Å². The average molecular weight is 235 g/mol. The molecule has 0 spiro atoms. The molecule has 80 valence electrons. The van der Waals surface area contributed by atoms with Gasteiger partial charge in [0, 0.05) is 12.6 Å². The highest BCUT2D eigenvalue weighted by Gasteiger charge is 2.11. The zero-order valence-corrected chi connectivity index (χ0v) is 9.87. The third kappa shape index (κ3) is 3.29. The Labute approximate surface area is 94.1 Å². The van der Waals surface area contributed by atoms with Crippen LogP contribution in [-0.4, -0.2) is 18.5 Å². The number of hydrogen-bond donors (Lipinski definition) is 2. The predicted octanol–water partition coefficient (Wildman–Crippen LogP) is 1.56. The Kier molecular flexibility index (Phi) is 5.76. The molecule has 1 atom stereocenters. The number of rotatable bonds is 3. The third-order valence-corrected chi connectivity index (χ3v) is 2.81. The number of carbonyl (C=O) groups excluding carboxylic acids is 1. The maximum absolute atomic E-state index is 11.5. The molecule has 3 nitrogen and oxygen atoms in total. The Hall–Kier alpha value is -0.580. The van der Waals surface area contributed by atoms with Crippen molar-refractivity contribution in [3.63, 3.8) is 0 Å². The molecule has 0 saturated carbocycles. The van der Waals surface area contributed by atoms with Gasteiger partial charge in [-0.15, -0.1) is 23.7 Å². The molecule has 0 aromatic carbocycles. The first-order valence-corrected chi connectivity index (χ1v) is 5.08. The van der Waals surface area contributed by atoms with E-state index < -0.39 is 0 Å². The van der Waals surface area contributed by atoms with Crippen LogP contribution in [0.3, 0.4) is 0 Å². The minimum absolute atomic E-state index is 0. The van der Waals surface area contributed by atoms with Gasteiger partial charge >= 0.3 is 0 Å². The molecule has 0 aliphatic heterocycles. The summed E-state index contributed by atoms with van der Waals surface area (Å²) in [6.45, 7) is 4.29. The lowest BCUT2D eigenvalue weighted by atomic mass is 10.2. The second kappa shape index (κ2) is 6.01. The lowest BCUT2D eigenvalue weighted by molar-refractivity contribution is 0.0945. The summed E-state index contributed by atoms with van der Waals surface area (Å²) in [4.78, 5) is 12.3. The quantitative estimate of drug-likeness (QED) is 0.834. The van der Waals surface area contributed by atoms with Gasteiger partial charge in [0.15, 0.2) is 0 Å². The van der Waals surface area contributed by atoms with E-state index in [1.807, 2.05) is 25.3 Å². The molecular weight excluding hydrogens is 220 g/mol. The fourth-order valence-electron chi connectivity index (χ4n) is 0.954. The van der Waals surface area contributed by atoms with Crippen LogP contribution >= 0.6 is 23.7 Å². The van der Waals surface area contributed by atoms with Crippen molar-refractivity contribution < 1.29 is 4.79 Å². The van der Waals surface area contributed by atoms with Crippen LogP contribution in [0.25, 0.3) is 0 Å². The van der Waals surface area contributed by atoms with E-state index in [1.54, 1.807) is 0 Å². The van der Waals surface area contributed by atoms with Crippen LogP contribution < -0.4 is 11.1 Å². The second-order valence-corrected chi connectivity index (χ2v) is 3.96. The number of nitrogens with one attached hydrogen (secondary N) is 1. The van der Waals surface area contributed by atoms with Crippen LogP contribution in [0.4, 0.5) is 0 Å². The highest BCUT2D eigenvalue weighted by atomic mass is 35.5. The monoisotopic (exact) mass is 234 g/mol. The van der Waals surface area contributed by atoms with Gasteiger partial charge in [-0.05, 0) is 30.9 Å². The maximum Gasteiger partial charge on any atom is 0.261 e. The molecule has 0 saturated heterocycles. The van der Waals surface area contributed by atoms with Crippen molar-refractivity contribution in [3.05, 3.63) is 21.9 Å². The van der Waals surface area contributed by atoms with Crippen molar-refractivity contribution >= 4 is 29.7 Å². The van der Waals surface area contributed by atoms with Crippen molar-refractivity contribution in [2.75, 3.05) is 6.54 Å². The van der Waals surface area contributed by atoms with E-state index in [4.69, 9.17) is 5.73 Å². The molecule has 1 heterocycles. The van der Waals surface area contributed by atoms with E-state index >= 15 is 0 Å². The molecule has 14 heavy (non-hydrogen) atoms. The van der Waals surface area contributed by atoms with Gasteiger partial charge in [-0.1, -0.05) is 0 Å². The van der Waals surface area contributed by atoms with Gasteiger partial charge in [0.2, 0.25) is 0 Å². The summed E-state index contributed by atoms with van der Waals surface area (Å²) in [5.41, 5.74) is 6.42. The first kappa shape index (κ1) is 13.4. The molecule has 1 aromatic rings. The van der Waals surface area contributed by atoms with Crippen molar-refractivity contribution in [3.8, 4) is 0 Å². The minimum atomic E-state index is -0.0227. The number of halogens is 1. The number of carbonyl (C=O) groups is 1. The Bertz CT molecular complexity index is 301. The number of amides is 1. The van der Waals surface area contributed by atoms with Crippen LogP contribution in [0.1, 0.15) is 22.2 Å². The van der Waals surface area contributed by atoms with Gasteiger partial charge in [-0.2, -0.15) is 0 Å². The van der Waals surface area contributed by atoms with E-state index in [2.05, 4.69) is 5.32 Å². The molecule has 5 heteroatoms. The zero-order chi connectivity index (χ0) is 9.84. The highest BCUT2D eigenvalue weighted by molar-refractivity contribution is 7.12. The van der Waals surface area contributed by atoms with E-state index in [0.29, 0.717) is 6.54 Å². The SMILES string of the molecule is Cc1ccsc1C(=O)N[C@@H](C)CN.Cl. The molecule has 0 unspecified atom stereocenters. The van der Waals surface area contributed by atoms with E-state index in [1.165, 1.54) is 11.3 Å². The van der Waals surface area contributed by atoms with Gasteiger partial charge in [-0.25, -0.2) is 0 Å². The van der Waals surface area contributed by atoms with E-state index in [0.717, 1.165) is 10.4 Å². The summed E-state index contributed by atoms with van der Waals surface area (Å²) in [6.07, 6.45) is 0. The van der Waals surface area contributed by atoms with Crippen LogP contribution in [0.2, 0.25) is 0 Å². The smallest absolute Gasteiger partial charge is 0.261 e. The lowest BCUT2D eigenvalue weighted by Crippen LogP contribution is -2.37. The Balaban J connectivity index is 0.00000169. The van der Waals surface area contributed by atoms with Gasteiger partial charge in [0.05, 0.1) is 4.88 Å². The third-order valence-electron chi connectivity index (χ3n) is 1.80. The number of nitrogens with two attached hydrogens (primary N) is 1. The van der Waals surface area contributed by atoms with Crippen molar-refractivity contribution in [2.24, 2.45) is 5.73 Å². The fraction of sp³-hybridized carbons (Fsp3) is 0.444. The van der Waals surface area contributed by atoms with Gasteiger partial charge in [0.25, 0.3) is 5.91 Å². The second-order valence-electron chi connectivity index (χ2n) is 3.04. The van der Waals surface area contributed by atoms with Crippen LogP contribution in [0, 0.1) is 6.92 Å². The summed E-state index contributed by atoms with van der Waals surface area (Å²) < 4.78 is 0. The Morgan fingerprint density at radius 1 is 1.71 bits per heavy atom. The van der Waals surface area contributed by atoms with E-state index in [9.17, 15) is 4.79 Å². The summed E-state index contributed by atoms with van der Waals surface area (Å²) in [6, 6.07) is 1.97. The Morgan fingerprint density at radius 2 is 2.36 bits per heavy atom. The number of hydrogen-bond acceptors (Lipinski definition) is 3. The van der Waals surface area contributed by atoms with Crippen LogP contribution in [-0.2, 0) is 0 Å². The first-order chi connectivity index (χ1) is 6.15. The average Bonchev–Trinajstić information content (AvgIpc) is 2.51. The van der Waals surface area contributed by atoms with Gasteiger partial charge < -0.3 is 11.1 Å². The molecule has 0 aliphatic carbocycles. The predicted molar refractivity (Wildman–Crippen MR) is 62.3 cm³/mol. The molecule has 1 amide bonds. The van der Waals surface area contributed by atoms with Crippen LogP contribution in [0.5, 0.6) is 0 Å². The first-order valence-electron chi connectivity index (χ1n) is 4.20. The number of aryl methyl sites for hydroxylation is 1. The minimum Gasteiger partial charge on any atom is -0.348 e. The summed E-state index contributed by atoms with van der Waals surface area (Å²) >= 11 is 1.46. The van der Waals surface area contributed by atoms with Crippen molar-refractivity contribution in [1.29, 1.82) is 0 Å². The van der Waals surface area contributed by atoms with Gasteiger partial charge in [-0.3, -0.25) is 4.79 Å². The number of thiophene rings is 1. The molecule has 0 aliphatic rings. The highest BCUT2D eigenvalue weighted by Crippen LogP contribution is 2.14. The van der Waals surface area contributed by atoms with Crippen LogP contribution in [0.15, 0.2) is 11.4 Å². The molecule has 0 fully saturated rings. The lowest BCUT2D eigenvalue weighted by Gasteiger charge is -2.10. The molecule has 0 bridgehead atoms.